The summed E-state index contributed by atoms with van der Waals surface area (Å²) < 4.78 is 4.81. The number of hydrogen-bond donors (Lipinski definition) is 1. The van der Waals surface area contributed by atoms with E-state index < -0.39 is 11.9 Å². The zero-order chi connectivity index (χ0) is 28.1. The Morgan fingerprint density at radius 1 is 0.923 bits per heavy atom. The van der Waals surface area contributed by atoms with E-state index in [0.717, 1.165) is 5.56 Å². The van der Waals surface area contributed by atoms with Crippen molar-refractivity contribution in [2.45, 2.75) is 19.3 Å². The van der Waals surface area contributed by atoms with Crippen LogP contribution in [0.4, 0.5) is 17.1 Å². The second kappa shape index (κ2) is 11.7. The zero-order valence-electron chi connectivity index (χ0n) is 22.3. The van der Waals surface area contributed by atoms with Gasteiger partial charge in [0.15, 0.2) is 0 Å². The van der Waals surface area contributed by atoms with E-state index in [-0.39, 0.29) is 30.7 Å². The number of anilines is 2. The molecule has 0 radical (unpaired) electrons. The van der Waals surface area contributed by atoms with Crippen LogP contribution in [0, 0.1) is 0 Å². The molecule has 200 valence electrons. The van der Waals surface area contributed by atoms with E-state index in [1.807, 2.05) is 30.3 Å². The molecule has 3 aromatic rings. The number of amides is 3. The van der Waals surface area contributed by atoms with Crippen molar-refractivity contribution in [3.63, 3.8) is 0 Å². The van der Waals surface area contributed by atoms with Crippen molar-refractivity contribution >= 4 is 46.5 Å². The number of fused-ring (bicyclic) bond motifs is 1. The Bertz CT molecular complexity index is 1430. The van der Waals surface area contributed by atoms with Crippen LogP contribution in [-0.4, -0.2) is 62.1 Å². The molecule has 0 spiro atoms. The van der Waals surface area contributed by atoms with Gasteiger partial charge in [-0.3, -0.25) is 19.4 Å². The number of benzene rings is 3. The molecule has 0 saturated carbocycles. The highest BCUT2D eigenvalue weighted by atomic mass is 16.5. The predicted octanol–water partition coefficient (Wildman–Crippen LogP) is 4.16. The standard InChI is InChI=1S/C30H30N4O5/c1-5-25(35)34(18-26(36)33(2)3)22-14-12-21(13-15-22)31-28(19-9-7-6-8-10-19)27-23-16-11-20(30(38)39-4)17-24(23)32-29(27)37/h6-17,27H,5,18H2,1-4H3,(H,32,37). The SMILES string of the molecule is CCC(=O)N(CC(=O)N(C)C)c1ccc(N=C(c2ccccc2)C2C(=O)Nc3cc(C(=O)OC)ccc32)cc1. The molecule has 1 atom stereocenters. The summed E-state index contributed by atoms with van der Waals surface area (Å²) in [6.07, 6.45) is 0.257. The van der Waals surface area contributed by atoms with Gasteiger partial charge in [-0.15, -0.1) is 0 Å². The molecule has 3 amide bonds. The van der Waals surface area contributed by atoms with Crippen molar-refractivity contribution in [1.82, 2.24) is 4.90 Å². The van der Waals surface area contributed by atoms with Crippen LogP contribution >= 0.6 is 0 Å². The summed E-state index contributed by atoms with van der Waals surface area (Å²) in [6, 6.07) is 21.4. The monoisotopic (exact) mass is 526 g/mol. The fourth-order valence-electron chi connectivity index (χ4n) is 4.32. The molecule has 1 N–H and O–H groups in total. The molecular formula is C30H30N4O5. The van der Waals surface area contributed by atoms with Crippen LogP contribution < -0.4 is 10.2 Å². The van der Waals surface area contributed by atoms with E-state index in [2.05, 4.69) is 5.32 Å². The highest BCUT2D eigenvalue weighted by Crippen LogP contribution is 2.37. The van der Waals surface area contributed by atoms with Crippen LogP contribution in [0.15, 0.2) is 77.8 Å². The first kappa shape index (κ1) is 27.3. The third-order valence-electron chi connectivity index (χ3n) is 6.46. The average Bonchev–Trinajstić information content (AvgIpc) is 3.28. The van der Waals surface area contributed by atoms with Crippen molar-refractivity contribution in [2.24, 2.45) is 4.99 Å². The maximum atomic E-state index is 13.2. The summed E-state index contributed by atoms with van der Waals surface area (Å²) in [5.74, 6) is -1.81. The first-order chi connectivity index (χ1) is 18.7. The number of nitrogens with one attached hydrogen (secondary N) is 1. The van der Waals surface area contributed by atoms with Gasteiger partial charge in [-0.25, -0.2) is 4.79 Å². The molecular weight excluding hydrogens is 496 g/mol. The van der Waals surface area contributed by atoms with Crippen LogP contribution in [-0.2, 0) is 19.1 Å². The number of hydrogen-bond acceptors (Lipinski definition) is 6. The number of rotatable bonds is 8. The van der Waals surface area contributed by atoms with Gasteiger partial charge in [0, 0.05) is 31.9 Å². The Balaban J connectivity index is 1.73. The average molecular weight is 527 g/mol. The second-order valence-corrected chi connectivity index (χ2v) is 9.22. The highest BCUT2D eigenvalue weighted by Gasteiger charge is 2.36. The number of esters is 1. The molecule has 4 rings (SSSR count). The summed E-state index contributed by atoms with van der Waals surface area (Å²) >= 11 is 0. The van der Waals surface area contributed by atoms with E-state index in [4.69, 9.17) is 9.73 Å². The molecule has 9 nitrogen and oxygen atoms in total. The fourth-order valence-corrected chi connectivity index (χ4v) is 4.32. The minimum Gasteiger partial charge on any atom is -0.465 e. The lowest BCUT2D eigenvalue weighted by molar-refractivity contribution is -0.129. The van der Waals surface area contributed by atoms with Gasteiger partial charge in [-0.1, -0.05) is 43.3 Å². The number of carbonyl (C=O) groups excluding carboxylic acids is 4. The summed E-state index contributed by atoms with van der Waals surface area (Å²) in [5.41, 5.74) is 4.04. The fraction of sp³-hybridized carbons (Fsp3) is 0.233. The summed E-state index contributed by atoms with van der Waals surface area (Å²) in [4.78, 5) is 57.9. The Morgan fingerprint density at radius 3 is 2.23 bits per heavy atom. The summed E-state index contributed by atoms with van der Waals surface area (Å²) in [5, 5.41) is 2.87. The Labute approximate surface area is 227 Å². The van der Waals surface area contributed by atoms with Crippen molar-refractivity contribution in [3.8, 4) is 0 Å². The predicted molar refractivity (Wildman–Crippen MR) is 150 cm³/mol. The van der Waals surface area contributed by atoms with Gasteiger partial charge in [0.25, 0.3) is 0 Å². The lowest BCUT2D eigenvalue weighted by Gasteiger charge is -2.23. The molecule has 39 heavy (non-hydrogen) atoms. The Morgan fingerprint density at radius 2 is 1.62 bits per heavy atom. The van der Waals surface area contributed by atoms with Crippen molar-refractivity contribution in [3.05, 3.63) is 89.5 Å². The van der Waals surface area contributed by atoms with Crippen LogP contribution in [0.5, 0.6) is 0 Å². The van der Waals surface area contributed by atoms with Gasteiger partial charge in [-0.2, -0.15) is 0 Å². The van der Waals surface area contributed by atoms with E-state index >= 15 is 0 Å². The number of nitrogens with zero attached hydrogens (tertiary/aromatic N) is 3. The maximum absolute atomic E-state index is 13.2. The molecule has 1 aliphatic heterocycles. The van der Waals surface area contributed by atoms with E-state index in [1.54, 1.807) is 63.5 Å². The smallest absolute Gasteiger partial charge is 0.337 e. The van der Waals surface area contributed by atoms with Gasteiger partial charge in [0.2, 0.25) is 17.7 Å². The van der Waals surface area contributed by atoms with Crippen LogP contribution in [0.25, 0.3) is 0 Å². The molecule has 0 saturated heterocycles. The van der Waals surface area contributed by atoms with E-state index in [0.29, 0.717) is 33.9 Å². The minimum absolute atomic E-state index is 0.0653. The van der Waals surface area contributed by atoms with Crippen LogP contribution in [0.1, 0.15) is 40.7 Å². The van der Waals surface area contributed by atoms with Gasteiger partial charge in [0.05, 0.1) is 24.1 Å². The Kier molecular flexibility index (Phi) is 8.19. The normalized spacial score (nSPS) is 14.3. The van der Waals surface area contributed by atoms with Crippen molar-refractivity contribution in [1.29, 1.82) is 0 Å². The molecule has 1 aliphatic rings. The number of aliphatic imine (C=N–C) groups is 1. The quantitative estimate of drug-likeness (QED) is 0.350. The molecule has 9 heteroatoms. The van der Waals surface area contributed by atoms with Crippen molar-refractivity contribution < 1.29 is 23.9 Å². The highest BCUT2D eigenvalue weighted by molar-refractivity contribution is 6.24. The summed E-state index contributed by atoms with van der Waals surface area (Å²) in [7, 11) is 4.60. The molecule has 0 fully saturated rings. The number of carbonyl (C=O) groups is 4. The minimum atomic E-state index is -0.704. The first-order valence-electron chi connectivity index (χ1n) is 12.5. The van der Waals surface area contributed by atoms with Gasteiger partial charge < -0.3 is 19.9 Å². The van der Waals surface area contributed by atoms with Crippen LogP contribution in [0.2, 0.25) is 0 Å². The summed E-state index contributed by atoms with van der Waals surface area (Å²) in [6.45, 7) is 1.68. The molecule has 0 bridgehead atoms. The zero-order valence-corrected chi connectivity index (χ0v) is 22.3. The Hall–Kier alpha value is -4.79. The first-order valence-corrected chi connectivity index (χ1v) is 12.5. The molecule has 1 unspecified atom stereocenters. The topological polar surface area (TPSA) is 108 Å². The molecule has 0 aromatic heterocycles. The lowest BCUT2D eigenvalue weighted by Crippen LogP contribution is -2.40. The number of ether oxygens (including phenoxy) is 1. The lowest BCUT2D eigenvalue weighted by atomic mass is 9.90. The van der Waals surface area contributed by atoms with Crippen LogP contribution in [0.3, 0.4) is 0 Å². The van der Waals surface area contributed by atoms with Gasteiger partial charge >= 0.3 is 5.97 Å². The van der Waals surface area contributed by atoms with E-state index in [9.17, 15) is 19.2 Å². The third-order valence-corrected chi connectivity index (χ3v) is 6.46. The largest absolute Gasteiger partial charge is 0.465 e. The molecule has 0 aliphatic carbocycles. The second-order valence-electron chi connectivity index (χ2n) is 9.22. The number of likely N-dealkylation sites (N-methyl/N-ethyl adjacent to an activating group) is 1. The van der Waals surface area contributed by atoms with Gasteiger partial charge in [-0.05, 0) is 47.5 Å². The molecule has 3 aromatic carbocycles. The van der Waals surface area contributed by atoms with E-state index in [1.165, 1.54) is 16.9 Å². The van der Waals surface area contributed by atoms with Crippen molar-refractivity contribution in [2.75, 3.05) is 38.0 Å². The molecule has 1 heterocycles. The number of methoxy groups -OCH3 is 1. The third kappa shape index (κ3) is 5.87. The van der Waals surface area contributed by atoms with Gasteiger partial charge in [0.1, 0.15) is 12.5 Å². The maximum Gasteiger partial charge on any atom is 0.337 e.